The lowest BCUT2D eigenvalue weighted by Gasteiger charge is -2.13. The van der Waals surface area contributed by atoms with Gasteiger partial charge in [-0.1, -0.05) is 19.1 Å². The first-order valence-corrected chi connectivity index (χ1v) is 7.73. The van der Waals surface area contributed by atoms with Crippen LogP contribution in [0.1, 0.15) is 31.0 Å². The molecule has 1 unspecified atom stereocenters. The Kier molecular flexibility index (Phi) is 5.56. The van der Waals surface area contributed by atoms with E-state index in [4.69, 9.17) is 0 Å². The van der Waals surface area contributed by atoms with Crippen LogP contribution in [0, 0.1) is 5.82 Å². The number of nitrogens with zero attached hydrogens (tertiary/aromatic N) is 1. The molecule has 0 amide bonds. The molecule has 4 heteroatoms. The Morgan fingerprint density at radius 1 is 1.25 bits per heavy atom. The number of nitrogens with one attached hydrogen (secondary N) is 1. The van der Waals surface area contributed by atoms with E-state index in [0.29, 0.717) is 6.04 Å². The maximum Gasteiger partial charge on any atom is 0.141 e. The first kappa shape index (κ1) is 15.0. The summed E-state index contributed by atoms with van der Waals surface area (Å²) in [6.07, 6.45) is 2.93. The maximum atomic E-state index is 13.0. The summed E-state index contributed by atoms with van der Waals surface area (Å²) in [6, 6.07) is 10.4. The second-order valence-corrected chi connectivity index (χ2v) is 5.70. The molecule has 0 aliphatic rings. The van der Waals surface area contributed by atoms with Crippen LogP contribution in [0.4, 0.5) is 4.39 Å². The van der Waals surface area contributed by atoms with Crippen LogP contribution in [-0.2, 0) is 5.75 Å². The van der Waals surface area contributed by atoms with Crippen molar-refractivity contribution in [3.63, 3.8) is 0 Å². The second-order valence-electron chi connectivity index (χ2n) is 4.65. The number of rotatable bonds is 6. The summed E-state index contributed by atoms with van der Waals surface area (Å²) in [7, 11) is 0. The summed E-state index contributed by atoms with van der Waals surface area (Å²) in [6.45, 7) is 5.22. The van der Waals surface area contributed by atoms with Gasteiger partial charge in [0.25, 0.3) is 0 Å². The predicted octanol–water partition coefficient (Wildman–Crippen LogP) is 4.18. The Morgan fingerprint density at radius 2 is 2.00 bits per heavy atom. The first-order chi connectivity index (χ1) is 9.69. The van der Waals surface area contributed by atoms with Crippen molar-refractivity contribution in [3.8, 4) is 0 Å². The topological polar surface area (TPSA) is 24.9 Å². The zero-order chi connectivity index (χ0) is 14.4. The van der Waals surface area contributed by atoms with Crippen molar-refractivity contribution in [2.45, 2.75) is 30.5 Å². The van der Waals surface area contributed by atoms with Crippen molar-refractivity contribution in [2.75, 3.05) is 6.54 Å². The van der Waals surface area contributed by atoms with Crippen LogP contribution in [0.3, 0.4) is 0 Å². The van der Waals surface area contributed by atoms with Gasteiger partial charge in [0.2, 0.25) is 0 Å². The predicted molar refractivity (Wildman–Crippen MR) is 82.3 cm³/mol. The van der Waals surface area contributed by atoms with E-state index in [0.717, 1.165) is 17.9 Å². The quantitative estimate of drug-likeness (QED) is 0.808. The molecule has 0 saturated carbocycles. The molecule has 1 aromatic heterocycles. The standard InChI is InChI=1S/C16H19FN2S/c1-3-19-12(2)14-4-6-16(7-5-14)20-11-13-8-15(17)10-18-9-13/h4-10,12,19H,3,11H2,1-2H3. The molecule has 1 heterocycles. The van der Waals surface area contributed by atoms with Gasteiger partial charge in [0.15, 0.2) is 0 Å². The smallest absolute Gasteiger partial charge is 0.141 e. The molecule has 1 aromatic carbocycles. The fourth-order valence-electron chi connectivity index (χ4n) is 1.98. The maximum absolute atomic E-state index is 13.0. The SMILES string of the molecule is CCNC(C)c1ccc(SCc2cncc(F)c2)cc1. The van der Waals surface area contributed by atoms with Gasteiger partial charge in [-0.05, 0) is 42.8 Å². The van der Waals surface area contributed by atoms with Crippen molar-refractivity contribution in [2.24, 2.45) is 0 Å². The molecule has 0 aliphatic carbocycles. The van der Waals surface area contributed by atoms with Crippen molar-refractivity contribution in [3.05, 3.63) is 59.7 Å². The average Bonchev–Trinajstić information content (AvgIpc) is 2.46. The number of hydrogen-bond donors (Lipinski definition) is 1. The summed E-state index contributed by atoms with van der Waals surface area (Å²) in [4.78, 5) is 5.04. The molecule has 0 bridgehead atoms. The molecule has 1 N–H and O–H groups in total. The van der Waals surface area contributed by atoms with E-state index in [1.807, 2.05) is 0 Å². The number of pyridine rings is 1. The number of aromatic nitrogens is 1. The van der Waals surface area contributed by atoms with Crippen LogP contribution in [0.2, 0.25) is 0 Å². The fourth-order valence-corrected chi connectivity index (χ4v) is 2.80. The van der Waals surface area contributed by atoms with Crippen LogP contribution in [0.5, 0.6) is 0 Å². The molecule has 0 saturated heterocycles. The Labute approximate surface area is 123 Å². The van der Waals surface area contributed by atoms with Gasteiger partial charge in [-0.3, -0.25) is 4.98 Å². The molecule has 0 spiro atoms. The van der Waals surface area contributed by atoms with Gasteiger partial charge in [-0.15, -0.1) is 11.8 Å². The van der Waals surface area contributed by atoms with Gasteiger partial charge in [0, 0.05) is 22.9 Å². The molecule has 0 aliphatic heterocycles. The fraction of sp³-hybridized carbons (Fsp3) is 0.312. The Morgan fingerprint density at radius 3 is 2.65 bits per heavy atom. The van der Waals surface area contributed by atoms with Crippen LogP contribution in [0.25, 0.3) is 0 Å². The van der Waals surface area contributed by atoms with Gasteiger partial charge in [0.1, 0.15) is 5.82 Å². The van der Waals surface area contributed by atoms with E-state index in [1.54, 1.807) is 18.0 Å². The highest BCUT2D eigenvalue weighted by Gasteiger charge is 2.04. The Hall–Kier alpha value is -1.39. The third-order valence-corrected chi connectivity index (χ3v) is 4.14. The molecule has 2 aromatic rings. The summed E-state index contributed by atoms with van der Waals surface area (Å²) in [5.74, 6) is 0.449. The summed E-state index contributed by atoms with van der Waals surface area (Å²) >= 11 is 1.69. The number of halogens is 1. The molecular formula is C16H19FN2S. The number of thioether (sulfide) groups is 1. The Bertz CT molecular complexity index is 542. The number of benzene rings is 1. The van der Waals surface area contributed by atoms with Crippen molar-refractivity contribution < 1.29 is 4.39 Å². The highest BCUT2D eigenvalue weighted by atomic mass is 32.2. The molecule has 20 heavy (non-hydrogen) atoms. The highest BCUT2D eigenvalue weighted by Crippen LogP contribution is 2.24. The molecule has 0 fully saturated rings. The minimum absolute atomic E-state index is 0.280. The monoisotopic (exact) mass is 290 g/mol. The zero-order valence-corrected chi connectivity index (χ0v) is 12.6. The lowest BCUT2D eigenvalue weighted by atomic mass is 10.1. The van der Waals surface area contributed by atoms with Gasteiger partial charge in [-0.25, -0.2) is 4.39 Å². The second kappa shape index (κ2) is 7.41. The molecule has 1 atom stereocenters. The van der Waals surface area contributed by atoms with Crippen LogP contribution >= 0.6 is 11.8 Å². The van der Waals surface area contributed by atoms with Crippen molar-refractivity contribution in [1.82, 2.24) is 10.3 Å². The third-order valence-electron chi connectivity index (χ3n) is 3.06. The molecule has 2 nitrogen and oxygen atoms in total. The summed E-state index contributed by atoms with van der Waals surface area (Å²) in [5, 5.41) is 3.39. The lowest BCUT2D eigenvalue weighted by molar-refractivity contribution is 0.598. The van der Waals surface area contributed by atoms with Crippen LogP contribution in [-0.4, -0.2) is 11.5 Å². The molecule has 2 rings (SSSR count). The van der Waals surface area contributed by atoms with E-state index in [-0.39, 0.29) is 5.82 Å². The van der Waals surface area contributed by atoms with Crippen LogP contribution in [0.15, 0.2) is 47.6 Å². The average molecular weight is 290 g/mol. The van der Waals surface area contributed by atoms with Gasteiger partial charge in [-0.2, -0.15) is 0 Å². The van der Waals surface area contributed by atoms with E-state index >= 15 is 0 Å². The molecule has 0 radical (unpaired) electrons. The first-order valence-electron chi connectivity index (χ1n) is 6.74. The van der Waals surface area contributed by atoms with Crippen molar-refractivity contribution in [1.29, 1.82) is 0 Å². The normalized spacial score (nSPS) is 12.3. The number of hydrogen-bond acceptors (Lipinski definition) is 3. The lowest BCUT2D eigenvalue weighted by Crippen LogP contribution is -2.17. The minimum Gasteiger partial charge on any atom is -0.310 e. The Balaban J connectivity index is 1.94. The highest BCUT2D eigenvalue weighted by molar-refractivity contribution is 7.98. The van der Waals surface area contributed by atoms with Gasteiger partial charge < -0.3 is 5.32 Å². The van der Waals surface area contributed by atoms with E-state index in [9.17, 15) is 4.39 Å². The zero-order valence-electron chi connectivity index (χ0n) is 11.8. The van der Waals surface area contributed by atoms with E-state index in [1.165, 1.54) is 22.7 Å². The molecule has 106 valence electrons. The molecular weight excluding hydrogens is 271 g/mol. The third kappa shape index (κ3) is 4.32. The summed E-state index contributed by atoms with van der Waals surface area (Å²) < 4.78 is 13.0. The van der Waals surface area contributed by atoms with Crippen molar-refractivity contribution >= 4 is 11.8 Å². The largest absolute Gasteiger partial charge is 0.310 e. The van der Waals surface area contributed by atoms with Gasteiger partial charge in [0.05, 0.1) is 6.20 Å². The minimum atomic E-state index is -0.280. The van der Waals surface area contributed by atoms with E-state index < -0.39 is 0 Å². The summed E-state index contributed by atoms with van der Waals surface area (Å²) in [5.41, 5.74) is 2.18. The van der Waals surface area contributed by atoms with Crippen LogP contribution < -0.4 is 5.32 Å². The van der Waals surface area contributed by atoms with E-state index in [2.05, 4.69) is 48.4 Å². The van der Waals surface area contributed by atoms with Gasteiger partial charge >= 0.3 is 0 Å².